The van der Waals surface area contributed by atoms with Gasteiger partial charge in [0.1, 0.15) is 5.57 Å². The van der Waals surface area contributed by atoms with E-state index in [-0.39, 0.29) is 16.3 Å². The molecule has 11 heteroatoms. The predicted octanol–water partition coefficient (Wildman–Crippen LogP) is 3.83. The number of Topliss-reactive ketones (excluding diaryl/α,β-unsaturated/α-hetero) is 2. The first-order valence-electron chi connectivity index (χ1n) is 7.14. The number of thiophene rings is 1. The van der Waals surface area contributed by atoms with E-state index >= 15 is 0 Å². The van der Waals surface area contributed by atoms with E-state index in [1.54, 1.807) is 0 Å². The number of aliphatic imine (C=N–C) groups is 1. The Labute approximate surface area is 152 Å². The summed E-state index contributed by atoms with van der Waals surface area (Å²) in [5.74, 6) is -5.00. The first-order chi connectivity index (χ1) is 12.7. The third kappa shape index (κ3) is 3.62. The van der Waals surface area contributed by atoms with Crippen LogP contribution >= 0.6 is 11.3 Å². The molecule has 0 fully saturated rings. The van der Waals surface area contributed by atoms with E-state index in [0.717, 1.165) is 17.4 Å². The van der Waals surface area contributed by atoms with Crippen LogP contribution in [0.2, 0.25) is 0 Å². The third-order valence-electron chi connectivity index (χ3n) is 3.35. The van der Waals surface area contributed by atoms with Gasteiger partial charge in [0.05, 0.1) is 15.5 Å². The summed E-state index contributed by atoms with van der Waals surface area (Å²) < 4.78 is 43.8. The molecule has 0 amide bonds. The molecule has 0 aliphatic carbocycles. The van der Waals surface area contributed by atoms with Gasteiger partial charge in [-0.05, 0) is 17.5 Å². The van der Waals surface area contributed by atoms with Crippen LogP contribution in [-0.4, -0.2) is 28.6 Å². The second kappa shape index (κ2) is 6.76. The van der Waals surface area contributed by atoms with E-state index in [1.165, 1.54) is 35.7 Å². The fourth-order valence-electron chi connectivity index (χ4n) is 2.20. The average molecular weight is 396 g/mol. The summed E-state index contributed by atoms with van der Waals surface area (Å²) in [6.45, 7) is 0. The lowest BCUT2D eigenvalue weighted by Gasteiger charge is -2.04. The van der Waals surface area contributed by atoms with Crippen LogP contribution in [0.5, 0.6) is 0 Å². The normalized spacial score (nSPS) is 16.0. The number of nitrogens with zero attached hydrogens (tertiary/aromatic N) is 2. The number of ether oxygens (including phenoxy) is 1. The van der Waals surface area contributed by atoms with E-state index in [0.29, 0.717) is 0 Å². The summed E-state index contributed by atoms with van der Waals surface area (Å²) in [5.41, 5.74) is -1.59. The summed E-state index contributed by atoms with van der Waals surface area (Å²) in [6, 6.07) is 7.66. The lowest BCUT2D eigenvalue weighted by molar-refractivity contribution is -0.384. The molecule has 1 aliphatic heterocycles. The largest absolute Gasteiger partial charge is 0.455 e. The Morgan fingerprint density at radius 1 is 1.22 bits per heavy atom. The molecule has 1 aromatic heterocycles. The quantitative estimate of drug-likeness (QED) is 0.444. The van der Waals surface area contributed by atoms with Crippen LogP contribution in [0.15, 0.2) is 52.3 Å². The molecule has 0 saturated heterocycles. The van der Waals surface area contributed by atoms with Gasteiger partial charge in [0.15, 0.2) is 5.76 Å². The van der Waals surface area contributed by atoms with Gasteiger partial charge < -0.3 is 4.74 Å². The fourth-order valence-corrected chi connectivity index (χ4v) is 2.91. The Kier molecular flexibility index (Phi) is 4.62. The number of alkyl halides is 3. The van der Waals surface area contributed by atoms with Crippen LogP contribution < -0.4 is 0 Å². The van der Waals surface area contributed by atoms with Crippen LogP contribution in [0.1, 0.15) is 4.88 Å². The van der Waals surface area contributed by atoms with Gasteiger partial charge in [-0.25, -0.2) is 4.99 Å². The summed E-state index contributed by atoms with van der Waals surface area (Å²) in [6.07, 6.45) is -5.28. The molecule has 27 heavy (non-hydrogen) atoms. The number of nitro benzene ring substituents is 1. The van der Waals surface area contributed by atoms with Gasteiger partial charge in [-0.1, -0.05) is 12.1 Å². The summed E-state index contributed by atoms with van der Waals surface area (Å²) in [5, 5.41) is 12.3. The van der Waals surface area contributed by atoms with E-state index in [4.69, 9.17) is 4.74 Å². The molecule has 0 saturated carbocycles. The van der Waals surface area contributed by atoms with E-state index < -0.39 is 39.9 Å². The Hall–Kier alpha value is -3.34. The van der Waals surface area contributed by atoms with Crippen molar-refractivity contribution in [3.05, 3.63) is 62.3 Å². The van der Waals surface area contributed by atoms with Crippen LogP contribution in [0, 0.1) is 10.1 Å². The standard InChI is InChI=1S/C16H7F3N2O5S/c17-16(18,19)14(23)11-12(22)15(26-13(11)10-5-2-6-27-10)20-8-3-1-4-9(7-8)21(24)25/h1-7H. The molecule has 2 aromatic rings. The van der Waals surface area contributed by atoms with Gasteiger partial charge in [0, 0.05) is 12.1 Å². The highest BCUT2D eigenvalue weighted by atomic mass is 32.1. The zero-order chi connectivity index (χ0) is 19.8. The number of halogens is 3. The zero-order valence-corrected chi connectivity index (χ0v) is 13.8. The molecular formula is C16H7F3N2O5S. The van der Waals surface area contributed by atoms with Crippen molar-refractivity contribution in [3.8, 4) is 0 Å². The van der Waals surface area contributed by atoms with Crippen molar-refractivity contribution in [3.63, 3.8) is 0 Å². The molecule has 2 heterocycles. The number of ketones is 2. The van der Waals surface area contributed by atoms with Crippen LogP contribution in [0.25, 0.3) is 5.76 Å². The SMILES string of the molecule is O=C1C(=Nc2cccc([N+](=O)[O-])c2)OC(c2cccs2)=C1C(=O)C(F)(F)F. The summed E-state index contributed by atoms with van der Waals surface area (Å²) in [7, 11) is 0. The summed E-state index contributed by atoms with van der Waals surface area (Å²) >= 11 is 0.970. The fraction of sp³-hybridized carbons (Fsp3) is 0.0625. The van der Waals surface area contributed by atoms with Crippen molar-refractivity contribution in [2.24, 2.45) is 4.99 Å². The highest BCUT2D eigenvalue weighted by Gasteiger charge is 2.49. The van der Waals surface area contributed by atoms with E-state index in [1.807, 2.05) is 0 Å². The Morgan fingerprint density at radius 2 is 1.96 bits per heavy atom. The van der Waals surface area contributed by atoms with Gasteiger partial charge in [0.2, 0.25) is 0 Å². The van der Waals surface area contributed by atoms with Crippen LogP contribution in [0.3, 0.4) is 0 Å². The minimum absolute atomic E-state index is 0.0845. The number of carbonyl (C=O) groups is 2. The smallest absolute Gasteiger partial charge is 0.433 e. The minimum Gasteiger partial charge on any atom is -0.433 e. The zero-order valence-electron chi connectivity index (χ0n) is 13.0. The number of rotatable bonds is 4. The second-order valence-electron chi connectivity index (χ2n) is 5.13. The molecular weight excluding hydrogens is 389 g/mol. The molecule has 1 aliphatic rings. The van der Waals surface area contributed by atoms with Crippen molar-refractivity contribution in [2.45, 2.75) is 6.18 Å². The molecule has 1 aromatic carbocycles. The maximum atomic E-state index is 12.9. The summed E-state index contributed by atoms with van der Waals surface area (Å²) in [4.78, 5) is 38.0. The van der Waals surface area contributed by atoms with Crippen molar-refractivity contribution < 1.29 is 32.4 Å². The second-order valence-corrected chi connectivity index (χ2v) is 6.08. The molecule has 0 spiro atoms. The van der Waals surface area contributed by atoms with Crippen molar-refractivity contribution >= 4 is 45.9 Å². The highest BCUT2D eigenvalue weighted by Crippen LogP contribution is 2.35. The third-order valence-corrected chi connectivity index (χ3v) is 4.22. The van der Waals surface area contributed by atoms with Gasteiger partial charge >= 0.3 is 6.18 Å². The monoisotopic (exact) mass is 396 g/mol. The number of hydrogen-bond acceptors (Lipinski definition) is 7. The number of hydrogen-bond donors (Lipinski definition) is 0. The molecule has 0 unspecified atom stereocenters. The molecule has 138 valence electrons. The number of benzene rings is 1. The Bertz CT molecular complexity index is 1010. The molecule has 0 bridgehead atoms. The molecule has 0 atom stereocenters. The maximum Gasteiger partial charge on any atom is 0.455 e. The number of nitro groups is 1. The van der Waals surface area contributed by atoms with Gasteiger partial charge in [0.25, 0.3) is 23.2 Å². The van der Waals surface area contributed by atoms with Gasteiger partial charge in [-0.15, -0.1) is 11.3 Å². The minimum atomic E-state index is -5.28. The maximum absolute atomic E-state index is 12.9. The first-order valence-corrected chi connectivity index (χ1v) is 8.02. The van der Waals surface area contributed by atoms with Gasteiger partial charge in [-0.3, -0.25) is 19.7 Å². The Morgan fingerprint density at radius 3 is 2.56 bits per heavy atom. The molecule has 3 rings (SSSR count). The first kappa shape index (κ1) is 18.5. The lowest BCUT2D eigenvalue weighted by Crippen LogP contribution is -2.28. The van der Waals surface area contributed by atoms with Crippen molar-refractivity contribution in [1.82, 2.24) is 0 Å². The number of non-ortho nitro benzene ring substituents is 1. The Balaban J connectivity index is 2.06. The van der Waals surface area contributed by atoms with Gasteiger partial charge in [-0.2, -0.15) is 13.2 Å². The molecule has 0 N–H and O–H groups in total. The average Bonchev–Trinajstić information content (AvgIpc) is 3.22. The lowest BCUT2D eigenvalue weighted by atomic mass is 10.1. The van der Waals surface area contributed by atoms with Crippen LogP contribution in [-0.2, 0) is 14.3 Å². The van der Waals surface area contributed by atoms with E-state index in [2.05, 4.69) is 4.99 Å². The molecule has 7 nitrogen and oxygen atoms in total. The van der Waals surface area contributed by atoms with Crippen molar-refractivity contribution in [2.75, 3.05) is 0 Å². The van der Waals surface area contributed by atoms with E-state index in [9.17, 15) is 32.9 Å². The predicted molar refractivity (Wildman–Crippen MR) is 88.6 cm³/mol. The van der Waals surface area contributed by atoms with Crippen LogP contribution in [0.4, 0.5) is 24.5 Å². The topological polar surface area (TPSA) is 98.9 Å². The number of carbonyl (C=O) groups excluding carboxylic acids is 2. The highest BCUT2D eigenvalue weighted by molar-refractivity contribution is 7.11. The molecule has 0 radical (unpaired) electrons. The van der Waals surface area contributed by atoms with Crippen molar-refractivity contribution in [1.29, 1.82) is 0 Å².